The average molecular weight is 203 g/mol. The molecule has 1 rings (SSSR count). The lowest BCUT2D eigenvalue weighted by molar-refractivity contribution is 0.576. The molecule has 74 valence electrons. The Morgan fingerprint density at radius 2 is 2.31 bits per heavy atom. The zero-order valence-corrected chi connectivity index (χ0v) is 8.29. The minimum absolute atomic E-state index is 0.0638. The van der Waals surface area contributed by atoms with Gasteiger partial charge in [-0.25, -0.2) is 13.4 Å². The molecular formula is C7H13N3O2S. The average Bonchev–Trinajstić information content (AvgIpc) is 2.48. The van der Waals surface area contributed by atoms with E-state index in [0.29, 0.717) is 13.0 Å². The first kappa shape index (κ1) is 10.2. The summed E-state index contributed by atoms with van der Waals surface area (Å²) in [6.07, 6.45) is 3.54. The summed E-state index contributed by atoms with van der Waals surface area (Å²) in [6, 6.07) is 0. The van der Waals surface area contributed by atoms with Crippen molar-refractivity contribution in [1.82, 2.24) is 9.55 Å². The van der Waals surface area contributed by atoms with Crippen LogP contribution in [-0.4, -0.2) is 30.3 Å². The normalized spacial score (nSPS) is 11.8. The molecule has 0 saturated carbocycles. The Morgan fingerprint density at radius 1 is 1.62 bits per heavy atom. The summed E-state index contributed by atoms with van der Waals surface area (Å²) in [5.74, 6) is 0.0638. The van der Waals surface area contributed by atoms with Crippen molar-refractivity contribution in [2.75, 3.05) is 12.3 Å². The highest BCUT2D eigenvalue weighted by Crippen LogP contribution is 2.07. The van der Waals surface area contributed by atoms with Gasteiger partial charge in [0.25, 0.3) is 0 Å². The summed E-state index contributed by atoms with van der Waals surface area (Å²) in [7, 11) is -1.58. The van der Waals surface area contributed by atoms with E-state index >= 15 is 0 Å². The van der Waals surface area contributed by atoms with Gasteiger partial charge in [0.1, 0.15) is 0 Å². The van der Waals surface area contributed by atoms with Crippen molar-refractivity contribution in [1.29, 1.82) is 0 Å². The number of aryl methyl sites for hydroxylation is 1. The number of imidazole rings is 1. The van der Waals surface area contributed by atoms with E-state index in [2.05, 4.69) is 4.98 Å². The third kappa shape index (κ3) is 2.28. The van der Waals surface area contributed by atoms with Crippen LogP contribution in [0.5, 0.6) is 0 Å². The van der Waals surface area contributed by atoms with E-state index in [0.717, 1.165) is 0 Å². The second-order valence-corrected chi connectivity index (χ2v) is 4.78. The fraction of sp³-hybridized carbons (Fsp3) is 0.571. The first-order valence-corrected chi connectivity index (χ1v) is 5.63. The summed E-state index contributed by atoms with van der Waals surface area (Å²) in [5.41, 5.74) is 5.24. The summed E-state index contributed by atoms with van der Waals surface area (Å²) < 4.78 is 24.6. The molecular weight excluding hydrogens is 190 g/mol. The molecule has 0 fully saturated rings. The molecule has 1 heterocycles. The van der Waals surface area contributed by atoms with Crippen LogP contribution in [0.15, 0.2) is 17.6 Å². The highest BCUT2D eigenvalue weighted by atomic mass is 32.2. The predicted molar refractivity (Wildman–Crippen MR) is 48.9 cm³/mol. The van der Waals surface area contributed by atoms with Crippen LogP contribution in [0.3, 0.4) is 0 Å². The SMILES string of the molecule is Cn1ccnc1S(=O)(=O)CCCN. The molecule has 0 saturated heterocycles. The van der Waals surface area contributed by atoms with Crippen molar-refractivity contribution in [2.45, 2.75) is 11.6 Å². The molecule has 2 N–H and O–H groups in total. The van der Waals surface area contributed by atoms with Crippen molar-refractivity contribution in [3.05, 3.63) is 12.4 Å². The van der Waals surface area contributed by atoms with Gasteiger partial charge in [0.2, 0.25) is 15.0 Å². The van der Waals surface area contributed by atoms with Crippen LogP contribution in [0.4, 0.5) is 0 Å². The second-order valence-electron chi connectivity index (χ2n) is 2.78. The van der Waals surface area contributed by atoms with Gasteiger partial charge in [-0.15, -0.1) is 0 Å². The number of nitrogens with two attached hydrogens (primary N) is 1. The highest BCUT2D eigenvalue weighted by molar-refractivity contribution is 7.91. The Morgan fingerprint density at radius 3 is 2.77 bits per heavy atom. The van der Waals surface area contributed by atoms with Crippen molar-refractivity contribution in [2.24, 2.45) is 12.8 Å². The number of rotatable bonds is 4. The number of hydrogen-bond donors (Lipinski definition) is 1. The van der Waals surface area contributed by atoms with Gasteiger partial charge in [0.05, 0.1) is 5.75 Å². The van der Waals surface area contributed by atoms with Crippen LogP contribution in [0.25, 0.3) is 0 Å². The van der Waals surface area contributed by atoms with Crippen molar-refractivity contribution >= 4 is 9.84 Å². The first-order valence-electron chi connectivity index (χ1n) is 3.98. The Labute approximate surface area is 77.5 Å². The van der Waals surface area contributed by atoms with Crippen molar-refractivity contribution < 1.29 is 8.42 Å². The number of hydrogen-bond acceptors (Lipinski definition) is 4. The largest absolute Gasteiger partial charge is 0.330 e. The van der Waals surface area contributed by atoms with Crippen LogP contribution < -0.4 is 5.73 Å². The van der Waals surface area contributed by atoms with Gasteiger partial charge in [-0.2, -0.15) is 0 Å². The third-order valence-electron chi connectivity index (χ3n) is 1.67. The van der Waals surface area contributed by atoms with E-state index in [-0.39, 0.29) is 10.9 Å². The van der Waals surface area contributed by atoms with E-state index in [1.165, 1.54) is 10.8 Å². The smallest absolute Gasteiger partial charge is 0.227 e. The molecule has 5 nitrogen and oxygen atoms in total. The molecule has 0 spiro atoms. The van der Waals surface area contributed by atoms with E-state index in [1.54, 1.807) is 13.2 Å². The second kappa shape index (κ2) is 3.89. The lowest BCUT2D eigenvalue weighted by atomic mass is 10.5. The fourth-order valence-corrected chi connectivity index (χ4v) is 2.47. The minimum Gasteiger partial charge on any atom is -0.330 e. The molecule has 0 unspecified atom stereocenters. The summed E-state index contributed by atoms with van der Waals surface area (Å²) in [5, 5.41) is 0.112. The molecule has 0 radical (unpaired) electrons. The zero-order valence-electron chi connectivity index (χ0n) is 7.47. The molecule has 1 aromatic heterocycles. The predicted octanol–water partition coefficient (Wildman–Crippen LogP) is -0.457. The van der Waals surface area contributed by atoms with Gasteiger partial charge < -0.3 is 10.3 Å². The van der Waals surface area contributed by atoms with Gasteiger partial charge in [0.15, 0.2) is 0 Å². The molecule has 1 aromatic rings. The molecule has 0 bridgehead atoms. The van der Waals surface area contributed by atoms with Crippen LogP contribution in [0, 0.1) is 0 Å². The van der Waals surface area contributed by atoms with Crippen LogP contribution in [0.1, 0.15) is 6.42 Å². The van der Waals surface area contributed by atoms with Crippen molar-refractivity contribution in [3.8, 4) is 0 Å². The Hall–Kier alpha value is -0.880. The summed E-state index contributed by atoms with van der Waals surface area (Å²) in [4.78, 5) is 3.77. The molecule has 13 heavy (non-hydrogen) atoms. The summed E-state index contributed by atoms with van der Waals surface area (Å²) >= 11 is 0. The van der Waals surface area contributed by atoms with Gasteiger partial charge in [-0.3, -0.25) is 0 Å². The van der Waals surface area contributed by atoms with Crippen LogP contribution >= 0.6 is 0 Å². The van der Waals surface area contributed by atoms with Gasteiger partial charge in [-0.05, 0) is 13.0 Å². The lowest BCUT2D eigenvalue weighted by Gasteiger charge is -2.02. The van der Waals surface area contributed by atoms with Gasteiger partial charge >= 0.3 is 0 Å². The summed E-state index contributed by atoms with van der Waals surface area (Å²) in [6.45, 7) is 0.379. The molecule has 6 heteroatoms. The van der Waals surface area contributed by atoms with Gasteiger partial charge in [0, 0.05) is 19.4 Å². The Balaban J connectivity index is 2.88. The first-order chi connectivity index (χ1) is 6.08. The molecule has 0 aliphatic rings. The number of aromatic nitrogens is 2. The molecule has 0 atom stereocenters. The van der Waals surface area contributed by atoms with E-state index in [1.807, 2.05) is 0 Å². The van der Waals surface area contributed by atoms with Crippen molar-refractivity contribution in [3.63, 3.8) is 0 Å². The molecule has 0 amide bonds. The monoisotopic (exact) mass is 203 g/mol. The third-order valence-corrected chi connectivity index (χ3v) is 3.45. The fourth-order valence-electron chi connectivity index (χ4n) is 1.02. The topological polar surface area (TPSA) is 78.0 Å². The highest BCUT2D eigenvalue weighted by Gasteiger charge is 2.17. The Bertz CT molecular complexity index is 369. The minimum atomic E-state index is -3.24. The maximum atomic E-state index is 11.5. The van der Waals surface area contributed by atoms with E-state index in [9.17, 15) is 8.42 Å². The van der Waals surface area contributed by atoms with Gasteiger partial charge in [-0.1, -0.05) is 0 Å². The number of sulfone groups is 1. The molecule has 0 aliphatic carbocycles. The van der Waals surface area contributed by atoms with Crippen LogP contribution in [-0.2, 0) is 16.9 Å². The number of nitrogens with zero attached hydrogens (tertiary/aromatic N) is 2. The molecule has 0 aliphatic heterocycles. The van der Waals surface area contributed by atoms with E-state index < -0.39 is 9.84 Å². The maximum Gasteiger partial charge on any atom is 0.227 e. The van der Waals surface area contributed by atoms with E-state index in [4.69, 9.17) is 5.73 Å². The zero-order chi connectivity index (χ0) is 9.90. The quantitative estimate of drug-likeness (QED) is 0.718. The molecule has 0 aromatic carbocycles. The lowest BCUT2D eigenvalue weighted by Crippen LogP contribution is -2.15. The standard InChI is InChI=1S/C7H13N3O2S/c1-10-5-4-9-7(10)13(11,12)6-2-3-8/h4-5H,2-3,6,8H2,1H3. The maximum absolute atomic E-state index is 11.5. The Kier molecular flexibility index (Phi) is 3.05. The van der Waals surface area contributed by atoms with Crippen LogP contribution in [0.2, 0.25) is 0 Å².